The Balaban J connectivity index is 2.49. The molecule has 1 amide bonds. The molecule has 0 aliphatic carbocycles. The van der Waals surface area contributed by atoms with Gasteiger partial charge in [0.1, 0.15) is 0 Å². The average molecular weight is 186 g/mol. The van der Waals surface area contributed by atoms with Gasteiger partial charge in [0, 0.05) is 26.1 Å². The molecule has 1 fully saturated rings. The number of aliphatic hydroxyl groups is 1. The summed E-state index contributed by atoms with van der Waals surface area (Å²) >= 11 is 0. The first kappa shape index (κ1) is 10.5. The number of rotatable bonds is 4. The van der Waals surface area contributed by atoms with Gasteiger partial charge in [-0.1, -0.05) is 13.8 Å². The summed E-state index contributed by atoms with van der Waals surface area (Å²) in [4.78, 5) is 11.4. The standard InChI is InChI=1S/C9H18N2O2/c1-8(2)7-11-9(13)3-4-10(11)5-6-12/h8,12H,3-7H2,1-2H3. The van der Waals surface area contributed by atoms with Crippen LogP contribution in [0.4, 0.5) is 0 Å². The van der Waals surface area contributed by atoms with Crippen LogP contribution in [0.15, 0.2) is 0 Å². The van der Waals surface area contributed by atoms with Crippen molar-refractivity contribution in [1.82, 2.24) is 10.0 Å². The number of carbonyl (C=O) groups excluding carboxylic acids is 1. The van der Waals surface area contributed by atoms with Crippen molar-refractivity contribution in [2.75, 3.05) is 26.2 Å². The molecule has 1 aliphatic heterocycles. The summed E-state index contributed by atoms with van der Waals surface area (Å²) in [5.74, 6) is 0.658. The zero-order valence-electron chi connectivity index (χ0n) is 8.36. The highest BCUT2D eigenvalue weighted by molar-refractivity contribution is 5.77. The number of nitrogens with zero attached hydrogens (tertiary/aromatic N) is 2. The molecule has 0 aromatic heterocycles. The van der Waals surface area contributed by atoms with Crippen LogP contribution in [0.2, 0.25) is 0 Å². The zero-order chi connectivity index (χ0) is 9.84. The van der Waals surface area contributed by atoms with E-state index in [0.717, 1.165) is 13.1 Å². The normalized spacial score (nSPS) is 19.1. The molecule has 0 atom stereocenters. The van der Waals surface area contributed by atoms with E-state index in [1.807, 2.05) is 5.01 Å². The average Bonchev–Trinajstić information content (AvgIpc) is 2.36. The first-order valence-corrected chi connectivity index (χ1v) is 4.81. The second kappa shape index (κ2) is 4.58. The summed E-state index contributed by atoms with van der Waals surface area (Å²) in [5, 5.41) is 12.5. The third-order valence-electron chi connectivity index (χ3n) is 2.11. The van der Waals surface area contributed by atoms with Crippen LogP contribution < -0.4 is 0 Å². The van der Waals surface area contributed by atoms with E-state index >= 15 is 0 Å². The van der Waals surface area contributed by atoms with Crippen LogP contribution in [0.3, 0.4) is 0 Å². The molecular weight excluding hydrogens is 168 g/mol. The molecule has 0 radical (unpaired) electrons. The fraction of sp³-hybridized carbons (Fsp3) is 0.889. The van der Waals surface area contributed by atoms with E-state index in [-0.39, 0.29) is 12.5 Å². The predicted molar refractivity (Wildman–Crippen MR) is 49.8 cm³/mol. The molecule has 13 heavy (non-hydrogen) atoms. The number of hydrogen-bond donors (Lipinski definition) is 1. The van der Waals surface area contributed by atoms with Gasteiger partial charge in [0.2, 0.25) is 5.91 Å². The SMILES string of the molecule is CC(C)CN1C(=O)CCN1CCO. The number of amides is 1. The van der Waals surface area contributed by atoms with Gasteiger partial charge in [-0.2, -0.15) is 0 Å². The molecule has 0 unspecified atom stereocenters. The molecule has 4 nitrogen and oxygen atoms in total. The summed E-state index contributed by atoms with van der Waals surface area (Å²) in [6.07, 6.45) is 0.590. The first-order valence-electron chi connectivity index (χ1n) is 4.81. The van der Waals surface area contributed by atoms with Crippen LogP contribution in [-0.2, 0) is 4.79 Å². The maximum absolute atomic E-state index is 11.4. The topological polar surface area (TPSA) is 43.8 Å². The number of β-amino-alcohol motifs (C(OH)–C–C–N with tert-alkyl or cyclic N) is 1. The van der Waals surface area contributed by atoms with Crippen molar-refractivity contribution in [3.05, 3.63) is 0 Å². The molecule has 1 N–H and O–H groups in total. The molecule has 0 bridgehead atoms. The second-order valence-electron chi connectivity index (χ2n) is 3.80. The zero-order valence-corrected chi connectivity index (χ0v) is 8.36. The molecule has 1 aliphatic rings. The van der Waals surface area contributed by atoms with Crippen molar-refractivity contribution in [3.63, 3.8) is 0 Å². The Hall–Kier alpha value is -0.610. The van der Waals surface area contributed by atoms with Crippen LogP contribution in [0.25, 0.3) is 0 Å². The Bertz CT molecular complexity index is 182. The summed E-state index contributed by atoms with van der Waals surface area (Å²) in [5.41, 5.74) is 0. The lowest BCUT2D eigenvalue weighted by atomic mass is 10.2. The van der Waals surface area contributed by atoms with Crippen LogP contribution in [0, 0.1) is 5.92 Å². The monoisotopic (exact) mass is 186 g/mol. The third-order valence-corrected chi connectivity index (χ3v) is 2.11. The van der Waals surface area contributed by atoms with Crippen molar-refractivity contribution >= 4 is 5.91 Å². The van der Waals surface area contributed by atoms with Crippen molar-refractivity contribution in [2.24, 2.45) is 5.92 Å². The fourth-order valence-corrected chi connectivity index (χ4v) is 1.54. The minimum Gasteiger partial charge on any atom is -0.395 e. The highest BCUT2D eigenvalue weighted by Gasteiger charge is 2.28. The number of hydrogen-bond acceptors (Lipinski definition) is 3. The lowest BCUT2D eigenvalue weighted by molar-refractivity contribution is -0.139. The molecule has 0 spiro atoms. The van der Waals surface area contributed by atoms with Crippen LogP contribution in [0.5, 0.6) is 0 Å². The smallest absolute Gasteiger partial charge is 0.238 e. The second-order valence-corrected chi connectivity index (χ2v) is 3.80. The van der Waals surface area contributed by atoms with E-state index in [1.165, 1.54) is 0 Å². The van der Waals surface area contributed by atoms with Gasteiger partial charge in [-0.15, -0.1) is 0 Å². The first-order chi connectivity index (χ1) is 6.15. The Kier molecular flexibility index (Phi) is 3.69. The molecule has 76 valence electrons. The van der Waals surface area contributed by atoms with E-state index in [2.05, 4.69) is 13.8 Å². The van der Waals surface area contributed by atoms with Gasteiger partial charge in [-0.05, 0) is 5.92 Å². The molecule has 0 aromatic carbocycles. The molecule has 0 aromatic rings. The lowest BCUT2D eigenvalue weighted by Crippen LogP contribution is -2.42. The minimum atomic E-state index is 0.113. The van der Waals surface area contributed by atoms with Crippen LogP contribution >= 0.6 is 0 Å². The van der Waals surface area contributed by atoms with Gasteiger partial charge >= 0.3 is 0 Å². The maximum Gasteiger partial charge on any atom is 0.238 e. The Labute approximate surface area is 79.1 Å². The van der Waals surface area contributed by atoms with Crippen molar-refractivity contribution in [3.8, 4) is 0 Å². The van der Waals surface area contributed by atoms with Gasteiger partial charge in [0.25, 0.3) is 0 Å². The maximum atomic E-state index is 11.4. The quantitative estimate of drug-likeness (QED) is 0.676. The van der Waals surface area contributed by atoms with Gasteiger partial charge in [0.05, 0.1) is 6.61 Å². The number of hydrazine groups is 1. The number of aliphatic hydroxyl groups excluding tert-OH is 1. The van der Waals surface area contributed by atoms with Gasteiger partial charge in [0.15, 0.2) is 0 Å². The van der Waals surface area contributed by atoms with Crippen molar-refractivity contribution < 1.29 is 9.90 Å². The number of carbonyl (C=O) groups is 1. The largest absolute Gasteiger partial charge is 0.395 e. The van der Waals surface area contributed by atoms with E-state index < -0.39 is 0 Å². The van der Waals surface area contributed by atoms with Gasteiger partial charge in [-0.3, -0.25) is 9.80 Å². The Morgan fingerprint density at radius 2 is 2.23 bits per heavy atom. The van der Waals surface area contributed by atoms with E-state index in [0.29, 0.717) is 18.9 Å². The van der Waals surface area contributed by atoms with E-state index in [9.17, 15) is 4.79 Å². The summed E-state index contributed by atoms with van der Waals surface area (Å²) in [6, 6.07) is 0. The molecule has 4 heteroatoms. The van der Waals surface area contributed by atoms with Crippen LogP contribution in [-0.4, -0.2) is 47.3 Å². The summed E-state index contributed by atoms with van der Waals surface area (Å²) < 4.78 is 0. The molecular formula is C9H18N2O2. The third kappa shape index (κ3) is 2.67. The Morgan fingerprint density at radius 3 is 2.77 bits per heavy atom. The fourth-order valence-electron chi connectivity index (χ4n) is 1.54. The van der Waals surface area contributed by atoms with Gasteiger partial charge in [-0.25, -0.2) is 5.01 Å². The molecule has 0 saturated carbocycles. The Morgan fingerprint density at radius 1 is 1.54 bits per heavy atom. The van der Waals surface area contributed by atoms with E-state index in [4.69, 9.17) is 5.11 Å². The lowest BCUT2D eigenvalue weighted by Gasteiger charge is -2.28. The van der Waals surface area contributed by atoms with Crippen LogP contribution in [0.1, 0.15) is 20.3 Å². The minimum absolute atomic E-state index is 0.113. The molecule has 1 rings (SSSR count). The highest BCUT2D eigenvalue weighted by atomic mass is 16.3. The molecule has 1 saturated heterocycles. The highest BCUT2D eigenvalue weighted by Crippen LogP contribution is 2.13. The van der Waals surface area contributed by atoms with Crippen molar-refractivity contribution in [1.29, 1.82) is 0 Å². The molecule has 1 heterocycles. The predicted octanol–water partition coefficient (Wildman–Crippen LogP) is 0.0840. The summed E-state index contributed by atoms with van der Waals surface area (Å²) in [7, 11) is 0. The van der Waals surface area contributed by atoms with E-state index in [1.54, 1.807) is 5.01 Å². The van der Waals surface area contributed by atoms with Gasteiger partial charge < -0.3 is 5.11 Å². The van der Waals surface area contributed by atoms with Crippen molar-refractivity contribution in [2.45, 2.75) is 20.3 Å². The summed E-state index contributed by atoms with van der Waals surface area (Å²) in [6.45, 7) is 6.37.